The summed E-state index contributed by atoms with van der Waals surface area (Å²) in [5.74, 6) is -1.12. The standard InChI is InChI=1S/C19H19F3N4O/c1-3-11-4-6-12(7-5-11)16-15-13(8-10(2)9-14(15)27)23-18-24-17(19(20,21)22)25-26(16)18/h4-7,10,16H,3,8-9H2,1-2H3,(H,23,24,25)/t10-,16-/m0/s1. The van der Waals surface area contributed by atoms with Gasteiger partial charge in [-0.05, 0) is 29.9 Å². The third-order valence-electron chi connectivity index (χ3n) is 5.08. The number of halogens is 3. The molecule has 142 valence electrons. The van der Waals surface area contributed by atoms with Crippen molar-refractivity contribution in [3.63, 3.8) is 0 Å². The van der Waals surface area contributed by atoms with E-state index >= 15 is 0 Å². The molecule has 0 unspecified atom stereocenters. The summed E-state index contributed by atoms with van der Waals surface area (Å²) in [6.45, 7) is 3.98. The zero-order valence-electron chi connectivity index (χ0n) is 15.0. The Labute approximate surface area is 154 Å². The first-order valence-electron chi connectivity index (χ1n) is 8.93. The van der Waals surface area contributed by atoms with Crippen LogP contribution in [0.3, 0.4) is 0 Å². The van der Waals surface area contributed by atoms with E-state index in [2.05, 4.69) is 15.4 Å². The van der Waals surface area contributed by atoms with Crippen LogP contribution in [0.1, 0.15) is 49.7 Å². The lowest BCUT2D eigenvalue weighted by Crippen LogP contribution is -2.33. The van der Waals surface area contributed by atoms with Crippen molar-refractivity contribution >= 4 is 11.7 Å². The number of aromatic nitrogens is 3. The smallest absolute Gasteiger partial charge is 0.328 e. The molecule has 0 saturated heterocycles. The molecule has 0 spiro atoms. The topological polar surface area (TPSA) is 59.8 Å². The number of nitrogens with one attached hydrogen (secondary N) is 1. The average molecular weight is 376 g/mol. The molecule has 0 amide bonds. The number of alkyl halides is 3. The van der Waals surface area contributed by atoms with E-state index in [1.54, 1.807) is 0 Å². The zero-order chi connectivity index (χ0) is 19.3. The number of carbonyl (C=O) groups excluding carboxylic acids is 1. The maximum Gasteiger partial charge on any atom is 0.453 e. The van der Waals surface area contributed by atoms with Crippen molar-refractivity contribution in [2.45, 2.75) is 45.3 Å². The third-order valence-corrected chi connectivity index (χ3v) is 5.08. The van der Waals surface area contributed by atoms with Crippen LogP contribution in [0.2, 0.25) is 0 Å². The fourth-order valence-corrected chi connectivity index (χ4v) is 3.77. The van der Waals surface area contributed by atoms with Crippen molar-refractivity contribution in [2.24, 2.45) is 5.92 Å². The fourth-order valence-electron chi connectivity index (χ4n) is 3.77. The fraction of sp³-hybridized carbons (Fsp3) is 0.421. The van der Waals surface area contributed by atoms with E-state index < -0.39 is 18.0 Å². The minimum Gasteiger partial charge on any atom is -0.328 e. The summed E-state index contributed by atoms with van der Waals surface area (Å²) < 4.78 is 40.7. The molecule has 2 heterocycles. The molecular weight excluding hydrogens is 357 g/mol. The molecule has 2 atom stereocenters. The highest BCUT2D eigenvalue weighted by Crippen LogP contribution is 2.42. The van der Waals surface area contributed by atoms with Gasteiger partial charge in [0.05, 0.1) is 0 Å². The molecular formula is C19H19F3N4O. The summed E-state index contributed by atoms with van der Waals surface area (Å²) in [4.78, 5) is 16.4. The molecule has 0 saturated carbocycles. The van der Waals surface area contributed by atoms with Gasteiger partial charge in [0.15, 0.2) is 5.78 Å². The van der Waals surface area contributed by atoms with Crippen LogP contribution in [-0.2, 0) is 17.4 Å². The summed E-state index contributed by atoms with van der Waals surface area (Å²) in [7, 11) is 0. The van der Waals surface area contributed by atoms with Crippen LogP contribution in [0.15, 0.2) is 35.5 Å². The largest absolute Gasteiger partial charge is 0.453 e. The van der Waals surface area contributed by atoms with Crippen LogP contribution in [0.4, 0.5) is 19.1 Å². The molecule has 4 rings (SSSR count). The number of rotatable bonds is 2. The molecule has 5 nitrogen and oxygen atoms in total. The first-order valence-corrected chi connectivity index (χ1v) is 8.93. The number of hydrogen-bond donors (Lipinski definition) is 1. The van der Waals surface area contributed by atoms with Crippen LogP contribution in [0.25, 0.3) is 0 Å². The number of benzene rings is 1. The molecule has 1 aliphatic carbocycles. The Hall–Kier alpha value is -2.64. The highest BCUT2D eigenvalue weighted by molar-refractivity contribution is 5.99. The van der Waals surface area contributed by atoms with Crippen LogP contribution in [0, 0.1) is 5.92 Å². The summed E-state index contributed by atoms with van der Waals surface area (Å²) in [6.07, 6.45) is -2.83. The van der Waals surface area contributed by atoms with E-state index in [1.807, 2.05) is 38.1 Å². The highest BCUT2D eigenvalue weighted by Gasteiger charge is 2.42. The molecule has 1 aromatic heterocycles. The number of nitrogens with zero attached hydrogens (tertiary/aromatic N) is 3. The molecule has 2 aromatic rings. The average Bonchev–Trinajstić information content (AvgIpc) is 3.04. The summed E-state index contributed by atoms with van der Waals surface area (Å²) in [5, 5.41) is 6.62. The van der Waals surface area contributed by atoms with Crippen LogP contribution in [-0.4, -0.2) is 20.5 Å². The van der Waals surface area contributed by atoms with Gasteiger partial charge in [0.25, 0.3) is 5.82 Å². The van der Waals surface area contributed by atoms with Crippen molar-refractivity contribution in [1.82, 2.24) is 14.8 Å². The zero-order valence-corrected chi connectivity index (χ0v) is 15.0. The van der Waals surface area contributed by atoms with Gasteiger partial charge in [0, 0.05) is 17.7 Å². The first-order chi connectivity index (χ1) is 12.8. The van der Waals surface area contributed by atoms with Crippen molar-refractivity contribution in [3.05, 3.63) is 52.5 Å². The van der Waals surface area contributed by atoms with E-state index in [-0.39, 0.29) is 17.6 Å². The minimum atomic E-state index is -4.65. The van der Waals surface area contributed by atoms with Crippen molar-refractivity contribution in [2.75, 3.05) is 5.32 Å². The van der Waals surface area contributed by atoms with Crippen LogP contribution in [0.5, 0.6) is 0 Å². The van der Waals surface area contributed by atoms with Gasteiger partial charge >= 0.3 is 6.18 Å². The molecule has 2 aliphatic rings. The number of aryl methyl sites for hydroxylation is 1. The maximum atomic E-state index is 13.2. The number of Topliss-reactive ketones (excluding diaryl/α,β-unsaturated/α-hetero) is 1. The monoisotopic (exact) mass is 376 g/mol. The van der Waals surface area contributed by atoms with E-state index in [1.165, 1.54) is 4.68 Å². The predicted molar refractivity (Wildman–Crippen MR) is 93.0 cm³/mol. The van der Waals surface area contributed by atoms with E-state index in [9.17, 15) is 18.0 Å². The number of hydrogen-bond acceptors (Lipinski definition) is 4. The van der Waals surface area contributed by atoms with Crippen molar-refractivity contribution in [3.8, 4) is 0 Å². The summed E-state index contributed by atoms with van der Waals surface area (Å²) in [5.41, 5.74) is 2.98. The molecule has 0 radical (unpaired) electrons. The van der Waals surface area contributed by atoms with E-state index in [4.69, 9.17) is 0 Å². The Morgan fingerprint density at radius 1 is 1.22 bits per heavy atom. The number of fused-ring (bicyclic) bond motifs is 1. The lowest BCUT2D eigenvalue weighted by molar-refractivity contribution is -0.145. The first kappa shape index (κ1) is 17.8. The number of allylic oxidation sites excluding steroid dienone is 2. The van der Waals surface area contributed by atoms with Gasteiger partial charge in [-0.3, -0.25) is 4.79 Å². The quantitative estimate of drug-likeness (QED) is 0.856. The second kappa shape index (κ2) is 6.21. The molecule has 1 aliphatic heterocycles. The molecule has 27 heavy (non-hydrogen) atoms. The summed E-state index contributed by atoms with van der Waals surface area (Å²) in [6, 6.07) is 6.85. The number of ketones is 1. The van der Waals surface area contributed by atoms with Gasteiger partial charge in [-0.2, -0.15) is 18.2 Å². The number of carbonyl (C=O) groups is 1. The van der Waals surface area contributed by atoms with Crippen molar-refractivity contribution < 1.29 is 18.0 Å². The Balaban J connectivity index is 1.88. The molecule has 0 fully saturated rings. The molecule has 0 bridgehead atoms. The predicted octanol–water partition coefficient (Wildman–Crippen LogP) is 4.13. The van der Waals surface area contributed by atoms with Gasteiger partial charge in [-0.1, -0.05) is 38.1 Å². The molecule has 1 aromatic carbocycles. The molecule has 8 heteroatoms. The lowest BCUT2D eigenvalue weighted by Gasteiger charge is -2.34. The maximum absolute atomic E-state index is 13.2. The van der Waals surface area contributed by atoms with Gasteiger partial charge in [0.1, 0.15) is 6.04 Å². The van der Waals surface area contributed by atoms with Gasteiger partial charge in [-0.15, -0.1) is 5.10 Å². The molecule has 1 N–H and O–H groups in total. The van der Waals surface area contributed by atoms with Crippen LogP contribution >= 0.6 is 0 Å². The highest BCUT2D eigenvalue weighted by atomic mass is 19.4. The van der Waals surface area contributed by atoms with E-state index in [0.717, 1.165) is 17.5 Å². The summed E-state index contributed by atoms with van der Waals surface area (Å²) >= 11 is 0. The normalized spacial score (nSPS) is 22.3. The second-order valence-electron chi connectivity index (χ2n) is 7.15. The number of anilines is 1. The van der Waals surface area contributed by atoms with E-state index in [0.29, 0.717) is 24.1 Å². The Bertz CT molecular complexity index is 927. The van der Waals surface area contributed by atoms with Crippen molar-refractivity contribution in [1.29, 1.82) is 0 Å². The Morgan fingerprint density at radius 2 is 1.93 bits per heavy atom. The Kier molecular flexibility index (Phi) is 4.09. The lowest BCUT2D eigenvalue weighted by atomic mass is 9.81. The van der Waals surface area contributed by atoms with Gasteiger partial charge in [-0.25, -0.2) is 4.68 Å². The van der Waals surface area contributed by atoms with Gasteiger partial charge < -0.3 is 5.32 Å². The second-order valence-corrected chi connectivity index (χ2v) is 7.15. The van der Waals surface area contributed by atoms with Gasteiger partial charge in [0.2, 0.25) is 5.95 Å². The minimum absolute atomic E-state index is 0.0209. The third kappa shape index (κ3) is 3.02. The SMILES string of the molecule is CCc1ccc([C@H]2C3=C(C[C@H](C)CC3=O)Nc3nc(C(F)(F)F)nn32)cc1. The Morgan fingerprint density at radius 3 is 2.56 bits per heavy atom. The van der Waals surface area contributed by atoms with Crippen LogP contribution < -0.4 is 5.32 Å².